The number of benzene rings is 2. The number of nitrogens with zero attached hydrogens (tertiary/aromatic N) is 2. The standard InChI is InChI=1S/C20H20N2O4S.ClH/c1-25-15-5-8-17(18(11-15)26-2)19(12-22-10-9-21-13-22)27-16-6-3-14(4-7-16)20(23)24;/h3-11,13,19H,12H2,1-2H3,(H,23,24);1H. The molecule has 6 nitrogen and oxygen atoms in total. The zero-order chi connectivity index (χ0) is 19.2. The lowest BCUT2D eigenvalue weighted by atomic mass is 10.1. The molecule has 1 aromatic heterocycles. The third-order valence-corrected chi connectivity index (χ3v) is 5.33. The Labute approximate surface area is 173 Å². The number of aromatic nitrogens is 2. The van der Waals surface area contributed by atoms with E-state index in [0.717, 1.165) is 22.0 Å². The van der Waals surface area contributed by atoms with Crippen LogP contribution in [0.5, 0.6) is 11.5 Å². The lowest BCUT2D eigenvalue weighted by molar-refractivity contribution is 0.0697. The van der Waals surface area contributed by atoms with Gasteiger partial charge in [-0.05, 0) is 30.3 Å². The Bertz CT molecular complexity index is 901. The second-order valence-corrected chi connectivity index (χ2v) is 7.08. The first-order chi connectivity index (χ1) is 13.1. The van der Waals surface area contributed by atoms with Crippen molar-refractivity contribution in [1.29, 1.82) is 0 Å². The van der Waals surface area contributed by atoms with E-state index in [2.05, 4.69) is 4.98 Å². The fraction of sp³-hybridized carbons (Fsp3) is 0.200. The molecule has 28 heavy (non-hydrogen) atoms. The first kappa shape index (κ1) is 21.7. The first-order valence-corrected chi connectivity index (χ1v) is 9.16. The molecule has 0 aliphatic rings. The smallest absolute Gasteiger partial charge is 0.335 e. The van der Waals surface area contributed by atoms with Gasteiger partial charge < -0.3 is 19.1 Å². The summed E-state index contributed by atoms with van der Waals surface area (Å²) in [7, 11) is 3.26. The topological polar surface area (TPSA) is 73.6 Å². The van der Waals surface area contributed by atoms with Crippen molar-refractivity contribution in [2.45, 2.75) is 16.7 Å². The summed E-state index contributed by atoms with van der Waals surface area (Å²) >= 11 is 1.64. The third-order valence-electron chi connectivity index (χ3n) is 4.10. The fourth-order valence-corrected chi connectivity index (χ4v) is 3.90. The number of carbonyl (C=O) groups is 1. The molecule has 0 saturated carbocycles. The molecule has 3 rings (SSSR count). The number of hydrogen-bond acceptors (Lipinski definition) is 5. The van der Waals surface area contributed by atoms with Crippen LogP contribution in [-0.4, -0.2) is 34.8 Å². The molecule has 0 radical (unpaired) electrons. The molecule has 0 amide bonds. The van der Waals surface area contributed by atoms with Crippen LogP contribution in [0.2, 0.25) is 0 Å². The minimum atomic E-state index is -0.932. The van der Waals surface area contributed by atoms with Crippen LogP contribution >= 0.6 is 24.2 Å². The van der Waals surface area contributed by atoms with Gasteiger partial charge in [-0.3, -0.25) is 0 Å². The molecule has 3 aromatic rings. The van der Waals surface area contributed by atoms with Crippen LogP contribution in [0.4, 0.5) is 0 Å². The van der Waals surface area contributed by atoms with E-state index in [9.17, 15) is 4.79 Å². The molecule has 1 atom stereocenters. The minimum absolute atomic E-state index is 0. The summed E-state index contributed by atoms with van der Waals surface area (Å²) in [5, 5.41) is 9.12. The second kappa shape index (κ2) is 10.1. The van der Waals surface area contributed by atoms with E-state index >= 15 is 0 Å². The van der Waals surface area contributed by atoms with Crippen molar-refractivity contribution < 1.29 is 19.4 Å². The van der Waals surface area contributed by atoms with Gasteiger partial charge in [0.05, 0.1) is 31.4 Å². The highest BCUT2D eigenvalue weighted by Gasteiger charge is 2.19. The van der Waals surface area contributed by atoms with Crippen molar-refractivity contribution in [3.63, 3.8) is 0 Å². The van der Waals surface area contributed by atoms with E-state index in [4.69, 9.17) is 14.6 Å². The highest BCUT2D eigenvalue weighted by Crippen LogP contribution is 2.41. The van der Waals surface area contributed by atoms with Crippen molar-refractivity contribution in [2.75, 3.05) is 14.2 Å². The molecule has 0 bridgehead atoms. The molecule has 0 saturated heterocycles. The molecular weight excluding hydrogens is 400 g/mol. The van der Waals surface area contributed by atoms with E-state index in [1.165, 1.54) is 0 Å². The highest BCUT2D eigenvalue weighted by molar-refractivity contribution is 7.99. The number of carboxylic acids is 1. The Kier molecular flexibility index (Phi) is 7.78. The van der Waals surface area contributed by atoms with Gasteiger partial charge in [-0.25, -0.2) is 9.78 Å². The van der Waals surface area contributed by atoms with Gasteiger partial charge in [-0.2, -0.15) is 0 Å². The molecule has 148 valence electrons. The third kappa shape index (κ3) is 5.21. The van der Waals surface area contributed by atoms with Crippen LogP contribution in [0, 0.1) is 0 Å². The van der Waals surface area contributed by atoms with Crippen LogP contribution < -0.4 is 9.47 Å². The van der Waals surface area contributed by atoms with Crippen LogP contribution in [0.1, 0.15) is 21.2 Å². The predicted octanol–water partition coefficient (Wildman–Crippen LogP) is 4.55. The molecular formula is C20H21ClN2O4S. The maximum absolute atomic E-state index is 11.1. The van der Waals surface area contributed by atoms with Gasteiger partial charge >= 0.3 is 5.97 Å². The molecule has 0 aliphatic heterocycles. The van der Waals surface area contributed by atoms with Crippen LogP contribution in [-0.2, 0) is 6.54 Å². The monoisotopic (exact) mass is 420 g/mol. The molecule has 8 heteroatoms. The van der Waals surface area contributed by atoms with Gasteiger partial charge in [0.2, 0.25) is 0 Å². The summed E-state index contributed by atoms with van der Waals surface area (Å²) in [5.41, 5.74) is 1.30. The Morgan fingerprint density at radius 2 is 1.93 bits per heavy atom. The van der Waals surface area contributed by atoms with Crippen molar-refractivity contribution in [2.24, 2.45) is 0 Å². The van der Waals surface area contributed by atoms with Gasteiger partial charge in [-0.15, -0.1) is 24.2 Å². The summed E-state index contributed by atoms with van der Waals surface area (Å²) in [5.74, 6) is 0.542. The van der Waals surface area contributed by atoms with E-state index in [0.29, 0.717) is 6.54 Å². The first-order valence-electron chi connectivity index (χ1n) is 8.28. The van der Waals surface area contributed by atoms with E-state index in [1.807, 2.05) is 41.1 Å². The number of carboxylic acid groups (broad SMARTS) is 1. The SMILES string of the molecule is COc1ccc(C(Cn2ccnc2)Sc2ccc(C(=O)O)cc2)c(OC)c1.Cl. The summed E-state index contributed by atoms with van der Waals surface area (Å²) in [4.78, 5) is 16.2. The molecule has 1 heterocycles. The Morgan fingerprint density at radius 1 is 1.18 bits per heavy atom. The van der Waals surface area contributed by atoms with Gasteiger partial charge in [-0.1, -0.05) is 6.07 Å². The van der Waals surface area contributed by atoms with Gasteiger partial charge in [0.1, 0.15) is 11.5 Å². The fourth-order valence-electron chi connectivity index (χ4n) is 2.71. The van der Waals surface area contributed by atoms with Gasteiger partial charge in [0.15, 0.2) is 0 Å². The van der Waals surface area contributed by atoms with Crippen LogP contribution in [0.25, 0.3) is 0 Å². The highest BCUT2D eigenvalue weighted by atomic mass is 35.5. The summed E-state index contributed by atoms with van der Waals surface area (Å²) < 4.78 is 12.9. The van der Waals surface area contributed by atoms with Crippen molar-refractivity contribution in [3.8, 4) is 11.5 Å². The van der Waals surface area contributed by atoms with Crippen molar-refractivity contribution >= 4 is 30.1 Å². The van der Waals surface area contributed by atoms with Crippen LogP contribution in [0.3, 0.4) is 0 Å². The number of aromatic carboxylic acids is 1. The minimum Gasteiger partial charge on any atom is -0.497 e. The van der Waals surface area contributed by atoms with Crippen LogP contribution in [0.15, 0.2) is 66.1 Å². The number of methoxy groups -OCH3 is 2. The molecule has 1 N–H and O–H groups in total. The number of imidazole rings is 1. The zero-order valence-electron chi connectivity index (χ0n) is 15.4. The van der Waals surface area contributed by atoms with E-state index in [-0.39, 0.29) is 23.2 Å². The average molecular weight is 421 g/mol. The summed E-state index contributed by atoms with van der Waals surface area (Å²) in [6.45, 7) is 0.689. The normalized spacial score (nSPS) is 11.4. The lowest BCUT2D eigenvalue weighted by Gasteiger charge is -2.21. The number of thioether (sulfide) groups is 1. The lowest BCUT2D eigenvalue weighted by Crippen LogP contribution is -2.07. The van der Waals surface area contributed by atoms with Crippen molar-refractivity contribution in [3.05, 3.63) is 72.3 Å². The number of rotatable bonds is 8. The molecule has 0 spiro atoms. The molecule has 0 fully saturated rings. The van der Waals surface area contributed by atoms with E-state index < -0.39 is 5.97 Å². The Balaban J connectivity index is 0.00000280. The van der Waals surface area contributed by atoms with E-state index in [1.54, 1.807) is 50.6 Å². The maximum Gasteiger partial charge on any atom is 0.335 e. The van der Waals surface area contributed by atoms with Gasteiger partial charge in [0.25, 0.3) is 0 Å². The molecule has 0 aliphatic carbocycles. The molecule has 1 unspecified atom stereocenters. The summed E-state index contributed by atoms with van der Waals surface area (Å²) in [6.07, 6.45) is 5.43. The zero-order valence-corrected chi connectivity index (χ0v) is 17.1. The number of hydrogen-bond donors (Lipinski definition) is 1. The maximum atomic E-state index is 11.1. The Hall–Kier alpha value is -2.64. The quantitative estimate of drug-likeness (QED) is 0.539. The summed E-state index contributed by atoms with van der Waals surface area (Å²) in [6, 6.07) is 12.7. The van der Waals surface area contributed by atoms with Gasteiger partial charge in [0, 0.05) is 35.5 Å². The number of ether oxygens (including phenoxy) is 2. The predicted molar refractivity (Wildman–Crippen MR) is 111 cm³/mol. The molecule has 2 aromatic carbocycles. The van der Waals surface area contributed by atoms with Crippen molar-refractivity contribution in [1.82, 2.24) is 9.55 Å². The Morgan fingerprint density at radius 3 is 2.50 bits per heavy atom. The largest absolute Gasteiger partial charge is 0.497 e. The average Bonchev–Trinajstić information content (AvgIpc) is 3.20. The second-order valence-electron chi connectivity index (χ2n) is 5.80. The number of halogens is 1.